The maximum atomic E-state index is 11.6. The number of ether oxygens (including phenoxy) is 2. The molecule has 17 heavy (non-hydrogen) atoms. The molecule has 0 fully saturated rings. The smallest absolute Gasteiger partial charge is 0.161 e. The first-order chi connectivity index (χ1) is 8.13. The Kier molecular flexibility index (Phi) is 3.33. The van der Waals surface area contributed by atoms with Crippen LogP contribution in [0.5, 0.6) is 11.5 Å². The van der Waals surface area contributed by atoms with E-state index in [0.717, 1.165) is 22.6 Å². The highest BCUT2D eigenvalue weighted by molar-refractivity contribution is 5.83. The molecule has 0 amide bonds. The lowest BCUT2D eigenvalue weighted by molar-refractivity contribution is -0.119. The zero-order valence-corrected chi connectivity index (χ0v) is 10.4. The van der Waals surface area contributed by atoms with Crippen LogP contribution in [-0.4, -0.2) is 26.0 Å². The predicted octanol–water partition coefficient (Wildman–Crippen LogP) is 1.62. The molecule has 92 valence electrons. The zero-order chi connectivity index (χ0) is 12.4. The Balaban J connectivity index is 2.43. The normalized spacial score (nSPS) is 15.5. The molecule has 4 nitrogen and oxygen atoms in total. The highest BCUT2D eigenvalue weighted by Crippen LogP contribution is 2.35. The average Bonchev–Trinajstić information content (AvgIpc) is 2.30. The fraction of sp³-hybridized carbons (Fsp3) is 0.462. The lowest BCUT2D eigenvalue weighted by atomic mass is 9.98. The van der Waals surface area contributed by atoms with Crippen LogP contribution in [0.3, 0.4) is 0 Å². The molecule has 0 saturated heterocycles. The molecule has 0 spiro atoms. The second-order valence-electron chi connectivity index (χ2n) is 4.18. The summed E-state index contributed by atoms with van der Waals surface area (Å²) in [6.45, 7) is 4.69. The zero-order valence-electron chi connectivity index (χ0n) is 10.4. The Hall–Kier alpha value is -1.55. The van der Waals surface area contributed by atoms with Crippen LogP contribution in [0, 0.1) is 6.92 Å². The van der Waals surface area contributed by atoms with E-state index in [4.69, 9.17) is 9.47 Å². The van der Waals surface area contributed by atoms with Gasteiger partial charge < -0.3 is 14.8 Å². The summed E-state index contributed by atoms with van der Waals surface area (Å²) >= 11 is 0. The lowest BCUT2D eigenvalue weighted by Crippen LogP contribution is -2.25. The number of benzene rings is 1. The number of carbonyl (C=O) groups excluding carboxylic acids is 1. The number of likely N-dealkylation sites (N-methyl/N-ethyl adjacent to an activating group) is 1. The molecule has 0 aliphatic carbocycles. The van der Waals surface area contributed by atoms with Crippen molar-refractivity contribution in [3.05, 3.63) is 23.3 Å². The molecule has 4 heteroatoms. The quantitative estimate of drug-likeness (QED) is 0.864. The standard InChI is InChI=1S/C13H17NO3/c1-8-6-11-12(17-5-4-16-11)7-10(8)13(14-3)9(2)15/h6-7,13-14H,4-5H2,1-3H3. The number of nitrogens with one attached hydrogen (secondary N) is 1. The maximum absolute atomic E-state index is 11.6. The van der Waals surface area contributed by atoms with E-state index in [1.807, 2.05) is 19.1 Å². The third-order valence-corrected chi connectivity index (χ3v) is 2.94. The van der Waals surface area contributed by atoms with Gasteiger partial charge in [-0.25, -0.2) is 0 Å². The van der Waals surface area contributed by atoms with Gasteiger partial charge in [0.1, 0.15) is 13.2 Å². The van der Waals surface area contributed by atoms with E-state index in [1.54, 1.807) is 14.0 Å². The molecule has 2 rings (SSSR count). The SMILES string of the molecule is CNC(C(C)=O)c1cc2c(cc1C)OCCO2. The molecule has 1 aliphatic rings. The number of Topliss-reactive ketones (excluding diaryl/α,β-unsaturated/α-hetero) is 1. The number of fused-ring (bicyclic) bond motifs is 1. The minimum atomic E-state index is -0.286. The van der Waals surface area contributed by atoms with Gasteiger partial charge in [0.25, 0.3) is 0 Å². The van der Waals surface area contributed by atoms with Crippen LogP contribution in [0.15, 0.2) is 12.1 Å². The highest BCUT2D eigenvalue weighted by atomic mass is 16.6. The first-order valence-corrected chi connectivity index (χ1v) is 5.71. The number of rotatable bonds is 3. The first-order valence-electron chi connectivity index (χ1n) is 5.71. The number of hydrogen-bond donors (Lipinski definition) is 1. The summed E-state index contributed by atoms with van der Waals surface area (Å²) in [7, 11) is 1.78. The molecule has 0 radical (unpaired) electrons. The summed E-state index contributed by atoms with van der Waals surface area (Å²) in [6.07, 6.45) is 0. The molecule has 1 aromatic carbocycles. The molecule has 1 aliphatic heterocycles. The number of ketones is 1. The molecule has 1 N–H and O–H groups in total. The van der Waals surface area contributed by atoms with Crippen molar-refractivity contribution >= 4 is 5.78 Å². The predicted molar refractivity (Wildman–Crippen MR) is 64.7 cm³/mol. The third-order valence-electron chi connectivity index (χ3n) is 2.94. The van der Waals surface area contributed by atoms with Gasteiger partial charge in [-0.15, -0.1) is 0 Å². The van der Waals surface area contributed by atoms with E-state index in [2.05, 4.69) is 5.32 Å². The average molecular weight is 235 g/mol. The van der Waals surface area contributed by atoms with Gasteiger partial charge in [0.2, 0.25) is 0 Å². The molecular formula is C13H17NO3. The van der Waals surface area contributed by atoms with Gasteiger partial charge in [0.05, 0.1) is 6.04 Å². The molecule has 0 saturated carbocycles. The van der Waals surface area contributed by atoms with Gasteiger partial charge >= 0.3 is 0 Å². The van der Waals surface area contributed by atoms with Crippen LogP contribution in [0.2, 0.25) is 0 Å². The summed E-state index contributed by atoms with van der Waals surface area (Å²) in [4.78, 5) is 11.6. The van der Waals surface area contributed by atoms with Crippen LogP contribution in [0.25, 0.3) is 0 Å². The lowest BCUT2D eigenvalue weighted by Gasteiger charge is -2.22. The molecule has 1 atom stereocenters. The Bertz CT molecular complexity index is 443. The van der Waals surface area contributed by atoms with Crippen molar-refractivity contribution < 1.29 is 14.3 Å². The molecule has 1 unspecified atom stereocenters. The summed E-state index contributed by atoms with van der Waals surface area (Å²) < 4.78 is 11.0. The Labute approximate surface area is 101 Å². The monoisotopic (exact) mass is 235 g/mol. The summed E-state index contributed by atoms with van der Waals surface area (Å²) in [5.74, 6) is 1.57. The minimum absolute atomic E-state index is 0.0901. The number of aryl methyl sites for hydroxylation is 1. The Morgan fingerprint density at radius 2 is 1.88 bits per heavy atom. The van der Waals surface area contributed by atoms with Gasteiger partial charge in [0, 0.05) is 0 Å². The van der Waals surface area contributed by atoms with Crippen LogP contribution in [-0.2, 0) is 4.79 Å². The summed E-state index contributed by atoms with van der Waals surface area (Å²) in [5, 5.41) is 3.02. The van der Waals surface area contributed by atoms with Gasteiger partial charge in [-0.1, -0.05) is 0 Å². The third kappa shape index (κ3) is 2.26. The van der Waals surface area contributed by atoms with E-state index in [1.165, 1.54) is 0 Å². The number of carbonyl (C=O) groups is 1. The first kappa shape index (κ1) is 11.9. The van der Waals surface area contributed by atoms with E-state index >= 15 is 0 Å². The fourth-order valence-electron chi connectivity index (χ4n) is 2.09. The van der Waals surface area contributed by atoms with Gasteiger partial charge in [-0.3, -0.25) is 4.79 Å². The van der Waals surface area contributed by atoms with E-state index in [9.17, 15) is 4.79 Å². The van der Waals surface area contributed by atoms with Crippen LogP contribution < -0.4 is 14.8 Å². The largest absolute Gasteiger partial charge is 0.486 e. The second-order valence-corrected chi connectivity index (χ2v) is 4.18. The second kappa shape index (κ2) is 4.75. The summed E-state index contributed by atoms with van der Waals surface area (Å²) in [5.41, 5.74) is 1.98. The fourth-order valence-corrected chi connectivity index (χ4v) is 2.09. The van der Waals surface area contributed by atoms with Gasteiger partial charge in [-0.2, -0.15) is 0 Å². The van der Waals surface area contributed by atoms with Crippen molar-refractivity contribution in [3.8, 4) is 11.5 Å². The minimum Gasteiger partial charge on any atom is -0.486 e. The number of hydrogen-bond acceptors (Lipinski definition) is 4. The molecule has 1 aromatic rings. The van der Waals surface area contributed by atoms with Crippen molar-refractivity contribution in [3.63, 3.8) is 0 Å². The van der Waals surface area contributed by atoms with E-state index < -0.39 is 0 Å². The van der Waals surface area contributed by atoms with Gasteiger partial charge in [-0.05, 0) is 44.2 Å². The van der Waals surface area contributed by atoms with Crippen LogP contribution in [0.1, 0.15) is 24.1 Å². The van der Waals surface area contributed by atoms with E-state index in [-0.39, 0.29) is 11.8 Å². The van der Waals surface area contributed by atoms with Crippen molar-refractivity contribution in [2.45, 2.75) is 19.9 Å². The highest BCUT2D eigenvalue weighted by Gasteiger charge is 2.21. The molecule has 0 aromatic heterocycles. The topological polar surface area (TPSA) is 47.6 Å². The van der Waals surface area contributed by atoms with Crippen molar-refractivity contribution in [1.82, 2.24) is 5.32 Å². The molecule has 0 bridgehead atoms. The van der Waals surface area contributed by atoms with Crippen molar-refractivity contribution in [1.29, 1.82) is 0 Å². The Morgan fingerprint density at radius 3 is 2.41 bits per heavy atom. The Morgan fingerprint density at radius 1 is 1.29 bits per heavy atom. The molecular weight excluding hydrogens is 218 g/mol. The van der Waals surface area contributed by atoms with Crippen molar-refractivity contribution in [2.24, 2.45) is 0 Å². The van der Waals surface area contributed by atoms with Crippen LogP contribution >= 0.6 is 0 Å². The van der Waals surface area contributed by atoms with Gasteiger partial charge in [0.15, 0.2) is 17.3 Å². The van der Waals surface area contributed by atoms with Crippen LogP contribution in [0.4, 0.5) is 0 Å². The maximum Gasteiger partial charge on any atom is 0.161 e. The van der Waals surface area contributed by atoms with Crippen molar-refractivity contribution in [2.75, 3.05) is 20.3 Å². The molecule has 1 heterocycles. The van der Waals surface area contributed by atoms with E-state index in [0.29, 0.717) is 13.2 Å². The summed E-state index contributed by atoms with van der Waals surface area (Å²) in [6, 6.07) is 3.54.